The SMILES string of the molecule is CCOC(=O)C(C)n1nc(C)c(C2=CCOCC2)c1C. The van der Waals surface area contributed by atoms with Crippen LogP contribution in [0.5, 0.6) is 0 Å². The lowest BCUT2D eigenvalue weighted by Crippen LogP contribution is -2.21. The van der Waals surface area contributed by atoms with Crippen LogP contribution in [-0.2, 0) is 14.3 Å². The number of hydrogen-bond acceptors (Lipinski definition) is 4. The van der Waals surface area contributed by atoms with Crippen molar-refractivity contribution in [2.24, 2.45) is 0 Å². The van der Waals surface area contributed by atoms with Gasteiger partial charge in [0.05, 0.1) is 25.5 Å². The van der Waals surface area contributed by atoms with E-state index in [0.29, 0.717) is 13.2 Å². The number of rotatable bonds is 4. The number of nitrogens with zero attached hydrogens (tertiary/aromatic N) is 2. The highest BCUT2D eigenvalue weighted by atomic mass is 16.5. The quantitative estimate of drug-likeness (QED) is 0.794. The fourth-order valence-electron chi connectivity index (χ4n) is 2.62. The molecule has 0 fully saturated rings. The topological polar surface area (TPSA) is 53.4 Å². The molecule has 2 heterocycles. The number of aromatic nitrogens is 2. The van der Waals surface area contributed by atoms with Gasteiger partial charge in [0.2, 0.25) is 0 Å². The first-order valence-electron chi connectivity index (χ1n) is 7.05. The summed E-state index contributed by atoms with van der Waals surface area (Å²) in [7, 11) is 0. The summed E-state index contributed by atoms with van der Waals surface area (Å²) in [4.78, 5) is 11.9. The van der Waals surface area contributed by atoms with E-state index in [1.165, 1.54) is 5.57 Å². The maximum absolute atomic E-state index is 11.9. The number of carbonyl (C=O) groups is 1. The molecule has 110 valence electrons. The smallest absolute Gasteiger partial charge is 0.330 e. The summed E-state index contributed by atoms with van der Waals surface area (Å²) >= 11 is 0. The molecule has 1 atom stereocenters. The molecule has 1 unspecified atom stereocenters. The van der Waals surface area contributed by atoms with Crippen LogP contribution in [0.4, 0.5) is 0 Å². The molecule has 0 radical (unpaired) electrons. The molecule has 0 bridgehead atoms. The van der Waals surface area contributed by atoms with Gasteiger partial charge in [-0.05, 0) is 39.7 Å². The van der Waals surface area contributed by atoms with Gasteiger partial charge in [-0.25, -0.2) is 4.79 Å². The molecular formula is C15H22N2O3. The lowest BCUT2D eigenvalue weighted by atomic mass is 10.00. The van der Waals surface area contributed by atoms with E-state index in [0.717, 1.165) is 30.0 Å². The molecule has 2 rings (SSSR count). The van der Waals surface area contributed by atoms with Crippen LogP contribution in [0.15, 0.2) is 6.08 Å². The Bertz CT molecular complexity index is 531. The van der Waals surface area contributed by atoms with Crippen LogP contribution in [0.2, 0.25) is 0 Å². The zero-order chi connectivity index (χ0) is 14.7. The minimum absolute atomic E-state index is 0.245. The average Bonchev–Trinajstić information content (AvgIpc) is 2.74. The van der Waals surface area contributed by atoms with E-state index in [1.807, 2.05) is 27.7 Å². The molecule has 0 amide bonds. The van der Waals surface area contributed by atoms with Crippen molar-refractivity contribution in [3.05, 3.63) is 23.0 Å². The van der Waals surface area contributed by atoms with Crippen LogP contribution in [0.25, 0.3) is 5.57 Å². The van der Waals surface area contributed by atoms with Crippen LogP contribution in [0, 0.1) is 13.8 Å². The molecule has 0 spiro atoms. The maximum Gasteiger partial charge on any atom is 0.330 e. The monoisotopic (exact) mass is 278 g/mol. The Hall–Kier alpha value is -1.62. The molecule has 0 saturated heterocycles. The van der Waals surface area contributed by atoms with Gasteiger partial charge in [0.25, 0.3) is 0 Å². The van der Waals surface area contributed by atoms with Gasteiger partial charge >= 0.3 is 5.97 Å². The van der Waals surface area contributed by atoms with Gasteiger partial charge in [-0.1, -0.05) is 6.08 Å². The highest BCUT2D eigenvalue weighted by Gasteiger charge is 2.23. The highest BCUT2D eigenvalue weighted by Crippen LogP contribution is 2.28. The zero-order valence-corrected chi connectivity index (χ0v) is 12.6. The highest BCUT2D eigenvalue weighted by molar-refractivity contribution is 5.75. The second-order valence-corrected chi connectivity index (χ2v) is 4.97. The van der Waals surface area contributed by atoms with Crippen LogP contribution < -0.4 is 0 Å². The molecule has 0 saturated carbocycles. The van der Waals surface area contributed by atoms with Crippen molar-refractivity contribution in [2.75, 3.05) is 19.8 Å². The van der Waals surface area contributed by atoms with Gasteiger partial charge in [0, 0.05) is 11.3 Å². The maximum atomic E-state index is 11.9. The predicted molar refractivity (Wildman–Crippen MR) is 76.5 cm³/mol. The first-order chi connectivity index (χ1) is 9.56. The molecular weight excluding hydrogens is 256 g/mol. The molecule has 20 heavy (non-hydrogen) atoms. The van der Waals surface area contributed by atoms with E-state index >= 15 is 0 Å². The molecule has 1 aromatic heterocycles. The third-order valence-electron chi connectivity index (χ3n) is 3.60. The predicted octanol–water partition coefficient (Wildman–Crippen LogP) is 2.43. The first-order valence-corrected chi connectivity index (χ1v) is 7.05. The van der Waals surface area contributed by atoms with E-state index in [4.69, 9.17) is 9.47 Å². The molecule has 0 N–H and O–H groups in total. The van der Waals surface area contributed by atoms with Crippen LogP contribution in [0.1, 0.15) is 43.3 Å². The zero-order valence-electron chi connectivity index (χ0n) is 12.6. The summed E-state index contributed by atoms with van der Waals surface area (Å²) in [6.07, 6.45) is 2.99. The molecule has 1 aliphatic heterocycles. The fraction of sp³-hybridized carbons (Fsp3) is 0.600. The van der Waals surface area contributed by atoms with E-state index in [2.05, 4.69) is 11.2 Å². The molecule has 1 aliphatic rings. The summed E-state index contributed by atoms with van der Waals surface area (Å²) in [5, 5.41) is 4.52. The molecule has 5 heteroatoms. The number of aryl methyl sites for hydroxylation is 1. The summed E-state index contributed by atoms with van der Waals surface area (Å²) in [6.45, 7) is 9.38. The minimum atomic E-state index is -0.400. The summed E-state index contributed by atoms with van der Waals surface area (Å²) in [5.74, 6) is -0.245. The third-order valence-corrected chi connectivity index (χ3v) is 3.60. The molecule has 1 aromatic rings. The average molecular weight is 278 g/mol. The van der Waals surface area contributed by atoms with Crippen LogP contribution in [-0.4, -0.2) is 35.6 Å². The van der Waals surface area contributed by atoms with E-state index in [1.54, 1.807) is 4.68 Å². The van der Waals surface area contributed by atoms with Crippen molar-refractivity contribution in [2.45, 2.75) is 40.2 Å². The van der Waals surface area contributed by atoms with Crippen molar-refractivity contribution in [3.63, 3.8) is 0 Å². The Morgan fingerprint density at radius 3 is 2.90 bits per heavy atom. The Kier molecular flexibility index (Phi) is 4.60. The lowest BCUT2D eigenvalue weighted by Gasteiger charge is -2.15. The number of ether oxygens (including phenoxy) is 2. The van der Waals surface area contributed by atoms with Gasteiger partial charge in [-0.15, -0.1) is 0 Å². The second-order valence-electron chi connectivity index (χ2n) is 4.97. The molecule has 0 aliphatic carbocycles. The number of esters is 1. The van der Waals surface area contributed by atoms with Gasteiger partial charge in [-0.2, -0.15) is 5.10 Å². The Balaban J connectivity index is 2.33. The third kappa shape index (κ3) is 2.77. The van der Waals surface area contributed by atoms with E-state index < -0.39 is 6.04 Å². The number of carbonyl (C=O) groups excluding carboxylic acids is 1. The summed E-state index contributed by atoms with van der Waals surface area (Å²) in [5.41, 5.74) is 4.36. The molecule has 0 aromatic carbocycles. The Morgan fingerprint density at radius 2 is 2.30 bits per heavy atom. The van der Waals surface area contributed by atoms with E-state index in [-0.39, 0.29) is 5.97 Å². The Morgan fingerprint density at radius 1 is 1.55 bits per heavy atom. The first kappa shape index (κ1) is 14.8. The van der Waals surface area contributed by atoms with Gasteiger partial charge < -0.3 is 9.47 Å². The van der Waals surface area contributed by atoms with Crippen molar-refractivity contribution < 1.29 is 14.3 Å². The van der Waals surface area contributed by atoms with Crippen LogP contribution in [0.3, 0.4) is 0 Å². The lowest BCUT2D eigenvalue weighted by molar-refractivity contribution is -0.146. The van der Waals surface area contributed by atoms with Crippen molar-refractivity contribution in [3.8, 4) is 0 Å². The van der Waals surface area contributed by atoms with Gasteiger partial charge in [0.15, 0.2) is 0 Å². The van der Waals surface area contributed by atoms with Crippen molar-refractivity contribution in [1.29, 1.82) is 0 Å². The summed E-state index contributed by atoms with van der Waals surface area (Å²) in [6, 6.07) is -0.400. The summed E-state index contributed by atoms with van der Waals surface area (Å²) < 4.78 is 12.2. The largest absolute Gasteiger partial charge is 0.464 e. The van der Waals surface area contributed by atoms with Gasteiger partial charge in [-0.3, -0.25) is 4.68 Å². The minimum Gasteiger partial charge on any atom is -0.464 e. The standard InChI is InChI=1S/C15H22N2O3/c1-5-20-15(18)12(4)17-11(3)14(10(2)16-17)13-6-8-19-9-7-13/h6,12H,5,7-9H2,1-4H3. The van der Waals surface area contributed by atoms with Crippen molar-refractivity contribution in [1.82, 2.24) is 9.78 Å². The fourth-order valence-corrected chi connectivity index (χ4v) is 2.62. The van der Waals surface area contributed by atoms with E-state index in [9.17, 15) is 4.79 Å². The number of hydrogen-bond donors (Lipinski definition) is 0. The van der Waals surface area contributed by atoms with Crippen molar-refractivity contribution >= 4 is 11.5 Å². The Labute approximate surface area is 119 Å². The van der Waals surface area contributed by atoms with Crippen LogP contribution >= 0.6 is 0 Å². The van der Waals surface area contributed by atoms with Gasteiger partial charge in [0.1, 0.15) is 6.04 Å². The normalized spacial score (nSPS) is 16.7. The molecule has 5 nitrogen and oxygen atoms in total. The second kappa shape index (κ2) is 6.22.